The van der Waals surface area contributed by atoms with Gasteiger partial charge in [0, 0.05) is 16.7 Å². The molecule has 23 heavy (non-hydrogen) atoms. The second-order valence-corrected chi connectivity index (χ2v) is 5.57. The van der Waals surface area contributed by atoms with Crippen molar-refractivity contribution in [1.82, 2.24) is 0 Å². The largest absolute Gasteiger partial charge is 0.453 e. The predicted molar refractivity (Wildman–Crippen MR) is 88.9 cm³/mol. The molecule has 1 heterocycles. The number of rotatable bonds is 4. The average Bonchev–Trinajstić information content (AvgIpc) is 3.02. The minimum atomic E-state index is -0.0588. The molecule has 1 aromatic heterocycles. The summed E-state index contributed by atoms with van der Waals surface area (Å²) >= 11 is 0. The van der Waals surface area contributed by atoms with Crippen molar-refractivity contribution in [2.75, 3.05) is 0 Å². The first-order valence-corrected chi connectivity index (χ1v) is 7.36. The second-order valence-electron chi connectivity index (χ2n) is 5.57. The van der Waals surface area contributed by atoms with E-state index in [0.29, 0.717) is 28.7 Å². The summed E-state index contributed by atoms with van der Waals surface area (Å²) in [5.74, 6) is 0.700. The number of aryl methyl sites for hydroxylation is 2. The Morgan fingerprint density at radius 1 is 0.957 bits per heavy atom. The van der Waals surface area contributed by atoms with Crippen LogP contribution in [0.2, 0.25) is 0 Å². The lowest BCUT2D eigenvalue weighted by molar-refractivity contribution is 0.103. The Balaban J connectivity index is 2.09. The van der Waals surface area contributed by atoms with Crippen LogP contribution in [0.25, 0.3) is 11.3 Å². The van der Waals surface area contributed by atoms with Gasteiger partial charge in [-0.1, -0.05) is 41.5 Å². The molecule has 0 spiro atoms. The van der Waals surface area contributed by atoms with Crippen LogP contribution >= 0.6 is 0 Å². The van der Waals surface area contributed by atoms with Gasteiger partial charge in [-0.15, -0.1) is 0 Å². The van der Waals surface area contributed by atoms with E-state index in [4.69, 9.17) is 4.42 Å². The second kappa shape index (κ2) is 6.05. The van der Waals surface area contributed by atoms with Gasteiger partial charge in [-0.3, -0.25) is 9.59 Å². The molecule has 2 aromatic carbocycles. The fraction of sp³-hybridized carbons (Fsp3) is 0.100. The Morgan fingerprint density at radius 3 is 2.30 bits per heavy atom. The first-order valence-electron chi connectivity index (χ1n) is 7.36. The molecule has 0 atom stereocenters. The number of hydrogen-bond donors (Lipinski definition) is 0. The number of benzene rings is 2. The molecule has 0 unspecified atom stereocenters. The molecule has 3 aromatic rings. The maximum absolute atomic E-state index is 12.9. The lowest BCUT2D eigenvalue weighted by Gasteiger charge is -2.08. The Labute approximate surface area is 134 Å². The standard InChI is InChI=1S/C20H16O3/c1-13-9-14(2)11-15(10-13)20(22)18-6-4-3-5-17(18)19-8-7-16(12-21)23-19/h3-12H,1-2H3. The van der Waals surface area contributed by atoms with E-state index < -0.39 is 0 Å². The number of carbonyl (C=O) groups is 2. The van der Waals surface area contributed by atoms with Crippen LogP contribution in [0.4, 0.5) is 0 Å². The highest BCUT2D eigenvalue weighted by molar-refractivity contribution is 6.12. The van der Waals surface area contributed by atoms with Crippen LogP contribution in [0.5, 0.6) is 0 Å². The summed E-state index contributed by atoms with van der Waals surface area (Å²) in [7, 11) is 0. The van der Waals surface area contributed by atoms with Crippen molar-refractivity contribution in [3.63, 3.8) is 0 Å². The van der Waals surface area contributed by atoms with Gasteiger partial charge in [0.2, 0.25) is 0 Å². The molecule has 3 nitrogen and oxygen atoms in total. The molecule has 0 aliphatic carbocycles. The lowest BCUT2D eigenvalue weighted by Crippen LogP contribution is -2.04. The topological polar surface area (TPSA) is 47.3 Å². The molecule has 3 heteroatoms. The highest BCUT2D eigenvalue weighted by Crippen LogP contribution is 2.27. The summed E-state index contributed by atoms with van der Waals surface area (Å²) in [6, 6.07) is 16.4. The van der Waals surface area contributed by atoms with Crippen LogP contribution in [-0.2, 0) is 0 Å². The van der Waals surface area contributed by atoms with Crippen LogP contribution in [0.15, 0.2) is 59.0 Å². The summed E-state index contributed by atoms with van der Waals surface area (Å²) in [5.41, 5.74) is 3.99. The minimum absolute atomic E-state index is 0.0588. The summed E-state index contributed by atoms with van der Waals surface area (Å²) in [4.78, 5) is 23.7. The van der Waals surface area contributed by atoms with Crippen LogP contribution in [0.3, 0.4) is 0 Å². The maximum atomic E-state index is 12.9. The number of ketones is 1. The van der Waals surface area contributed by atoms with E-state index in [2.05, 4.69) is 0 Å². The molecule has 0 bridgehead atoms. The first-order chi connectivity index (χ1) is 11.1. The van der Waals surface area contributed by atoms with Gasteiger partial charge in [-0.25, -0.2) is 0 Å². The molecule has 0 radical (unpaired) electrons. The molecule has 0 aliphatic heterocycles. The SMILES string of the molecule is Cc1cc(C)cc(C(=O)c2ccccc2-c2ccc(C=O)o2)c1. The third kappa shape index (κ3) is 2.99. The maximum Gasteiger partial charge on any atom is 0.193 e. The highest BCUT2D eigenvalue weighted by Gasteiger charge is 2.17. The van der Waals surface area contributed by atoms with Gasteiger partial charge >= 0.3 is 0 Å². The van der Waals surface area contributed by atoms with Gasteiger partial charge in [0.05, 0.1) is 0 Å². The zero-order chi connectivity index (χ0) is 16.4. The molecule has 0 N–H and O–H groups in total. The van der Waals surface area contributed by atoms with Gasteiger partial charge in [0.1, 0.15) is 5.76 Å². The van der Waals surface area contributed by atoms with Crippen molar-refractivity contribution < 1.29 is 14.0 Å². The normalized spacial score (nSPS) is 10.5. The first kappa shape index (κ1) is 15.0. The zero-order valence-electron chi connectivity index (χ0n) is 13.0. The number of aldehydes is 1. The average molecular weight is 304 g/mol. The Kier molecular flexibility index (Phi) is 3.94. The summed E-state index contributed by atoms with van der Waals surface area (Å²) in [6.07, 6.45) is 0.651. The number of furan rings is 1. The van der Waals surface area contributed by atoms with Crippen molar-refractivity contribution in [1.29, 1.82) is 0 Å². The molecule has 0 saturated carbocycles. The van der Waals surface area contributed by atoms with Gasteiger partial charge < -0.3 is 4.42 Å². The molecule has 0 saturated heterocycles. The van der Waals surface area contributed by atoms with Crippen LogP contribution < -0.4 is 0 Å². The number of carbonyl (C=O) groups excluding carboxylic acids is 2. The van der Waals surface area contributed by atoms with Crippen LogP contribution in [-0.4, -0.2) is 12.1 Å². The van der Waals surface area contributed by atoms with Gasteiger partial charge in [-0.2, -0.15) is 0 Å². The van der Waals surface area contributed by atoms with Crippen molar-refractivity contribution in [2.24, 2.45) is 0 Å². The predicted octanol–water partition coefficient (Wildman–Crippen LogP) is 4.61. The molecule has 0 aliphatic rings. The number of hydrogen-bond acceptors (Lipinski definition) is 3. The fourth-order valence-corrected chi connectivity index (χ4v) is 2.72. The molecule has 114 valence electrons. The summed E-state index contributed by atoms with van der Waals surface area (Å²) in [5, 5.41) is 0. The van der Waals surface area contributed by atoms with Crippen molar-refractivity contribution in [2.45, 2.75) is 13.8 Å². The monoisotopic (exact) mass is 304 g/mol. The summed E-state index contributed by atoms with van der Waals surface area (Å²) < 4.78 is 5.47. The van der Waals surface area contributed by atoms with E-state index in [-0.39, 0.29) is 11.5 Å². The van der Waals surface area contributed by atoms with Gasteiger partial charge in [0.25, 0.3) is 0 Å². The summed E-state index contributed by atoms with van der Waals surface area (Å²) in [6.45, 7) is 3.94. The van der Waals surface area contributed by atoms with E-state index in [1.54, 1.807) is 18.2 Å². The molecule has 0 amide bonds. The van der Waals surface area contributed by atoms with Crippen molar-refractivity contribution in [3.8, 4) is 11.3 Å². The van der Waals surface area contributed by atoms with E-state index >= 15 is 0 Å². The smallest absolute Gasteiger partial charge is 0.193 e. The van der Waals surface area contributed by atoms with E-state index in [9.17, 15) is 9.59 Å². The van der Waals surface area contributed by atoms with E-state index in [1.165, 1.54) is 0 Å². The fourth-order valence-electron chi connectivity index (χ4n) is 2.72. The molecular formula is C20H16O3. The quantitative estimate of drug-likeness (QED) is 0.522. The van der Waals surface area contributed by atoms with Crippen LogP contribution in [0, 0.1) is 13.8 Å². The third-order valence-corrected chi connectivity index (χ3v) is 3.66. The Hall–Kier alpha value is -2.94. The molecule has 0 fully saturated rings. The Morgan fingerprint density at radius 2 is 1.65 bits per heavy atom. The van der Waals surface area contributed by atoms with Gasteiger partial charge in [-0.05, 0) is 38.1 Å². The van der Waals surface area contributed by atoms with Crippen molar-refractivity contribution in [3.05, 3.63) is 82.6 Å². The van der Waals surface area contributed by atoms with E-state index in [0.717, 1.165) is 11.1 Å². The van der Waals surface area contributed by atoms with Gasteiger partial charge in [0.15, 0.2) is 17.8 Å². The molecular weight excluding hydrogens is 288 g/mol. The Bertz CT molecular complexity index is 867. The lowest BCUT2D eigenvalue weighted by atomic mass is 9.95. The van der Waals surface area contributed by atoms with E-state index in [1.807, 2.05) is 50.2 Å². The minimum Gasteiger partial charge on any atom is -0.453 e. The zero-order valence-corrected chi connectivity index (χ0v) is 13.0. The highest BCUT2D eigenvalue weighted by atomic mass is 16.3. The van der Waals surface area contributed by atoms with Crippen molar-refractivity contribution >= 4 is 12.1 Å². The van der Waals surface area contributed by atoms with Crippen LogP contribution in [0.1, 0.15) is 37.6 Å². The molecule has 3 rings (SSSR count). The third-order valence-electron chi connectivity index (χ3n) is 3.66.